The molecule has 0 aliphatic rings. The van der Waals surface area contributed by atoms with Crippen molar-refractivity contribution in [2.24, 2.45) is 5.92 Å². The Balaban J connectivity index is 2.05. The highest BCUT2D eigenvalue weighted by Gasteiger charge is 2.34. The summed E-state index contributed by atoms with van der Waals surface area (Å²) in [6, 6.07) is 19.2. The Kier molecular flexibility index (Phi) is 9.62. The molecule has 0 fully saturated rings. The van der Waals surface area contributed by atoms with Gasteiger partial charge in [0, 0.05) is 6.42 Å². The topological polar surface area (TPSA) is 118 Å². The molecule has 0 spiro atoms. The fourth-order valence-corrected chi connectivity index (χ4v) is 2.92. The second-order valence-corrected chi connectivity index (χ2v) is 8.49. The van der Waals surface area contributed by atoms with Gasteiger partial charge in [-0.2, -0.15) is 5.26 Å². The number of ether oxygens (including phenoxy) is 2. The molecule has 180 valence electrons. The summed E-state index contributed by atoms with van der Waals surface area (Å²) in [7, 11) is 0. The number of nitrogens with one attached hydrogen (secondary N) is 2. The normalized spacial score (nSPS) is 14.1. The largest absolute Gasteiger partial charge is 0.451 e. The number of rotatable bonds is 10. The Morgan fingerprint density at radius 1 is 0.971 bits per heavy atom. The summed E-state index contributed by atoms with van der Waals surface area (Å²) < 4.78 is 10.6. The van der Waals surface area contributed by atoms with E-state index < -0.39 is 35.7 Å². The molecule has 0 aliphatic carbocycles. The van der Waals surface area contributed by atoms with Crippen molar-refractivity contribution < 1.29 is 23.9 Å². The Bertz CT molecular complexity index is 1000. The highest BCUT2D eigenvalue weighted by Crippen LogP contribution is 2.16. The fourth-order valence-electron chi connectivity index (χ4n) is 2.92. The van der Waals surface area contributed by atoms with E-state index >= 15 is 0 Å². The van der Waals surface area contributed by atoms with Crippen LogP contribution in [0.15, 0.2) is 60.7 Å². The van der Waals surface area contributed by atoms with Crippen LogP contribution in [0, 0.1) is 17.2 Å². The number of esters is 1. The van der Waals surface area contributed by atoms with Gasteiger partial charge in [0.05, 0.1) is 6.07 Å². The van der Waals surface area contributed by atoms with Crippen LogP contribution < -0.4 is 10.6 Å². The lowest BCUT2D eigenvalue weighted by atomic mass is 9.90. The number of nitrogens with zero attached hydrogens (tertiary/aromatic N) is 1. The van der Waals surface area contributed by atoms with E-state index in [-0.39, 0.29) is 18.9 Å². The van der Waals surface area contributed by atoms with Crippen LogP contribution >= 0.6 is 0 Å². The van der Waals surface area contributed by atoms with E-state index in [1.807, 2.05) is 60.7 Å². The Labute approximate surface area is 200 Å². The van der Waals surface area contributed by atoms with Gasteiger partial charge in [-0.05, 0) is 30.9 Å². The number of alkyl carbamates (subject to hydrolysis) is 1. The SMILES string of the molecule is CC(OC(=O)C(Cc1ccccc1)NC(=O)OCc1ccccc1)C(=O)NC(C)(C#N)C(C)C. The maximum Gasteiger partial charge on any atom is 0.408 e. The molecule has 2 rings (SSSR count). The van der Waals surface area contributed by atoms with E-state index in [1.54, 1.807) is 20.8 Å². The van der Waals surface area contributed by atoms with Gasteiger partial charge in [-0.25, -0.2) is 9.59 Å². The van der Waals surface area contributed by atoms with Crippen molar-refractivity contribution >= 4 is 18.0 Å². The van der Waals surface area contributed by atoms with Gasteiger partial charge in [-0.3, -0.25) is 4.79 Å². The van der Waals surface area contributed by atoms with Crippen molar-refractivity contribution in [2.45, 2.75) is 58.4 Å². The molecular formula is C26H31N3O5. The minimum absolute atomic E-state index is 0.0422. The first-order valence-electron chi connectivity index (χ1n) is 11.1. The first kappa shape index (κ1) is 26.4. The molecule has 0 radical (unpaired) electrons. The summed E-state index contributed by atoms with van der Waals surface area (Å²) in [5.74, 6) is -1.54. The van der Waals surface area contributed by atoms with Crippen molar-refractivity contribution in [3.63, 3.8) is 0 Å². The Hall–Kier alpha value is -3.86. The standard InChI is InChI=1S/C26H31N3O5/c1-18(2)26(4,17-27)29-23(30)19(3)34-24(31)22(15-20-11-7-5-8-12-20)28-25(32)33-16-21-13-9-6-10-14-21/h5-14,18-19,22H,15-16H2,1-4H3,(H,28,32)(H,29,30). The fraction of sp³-hybridized carbons (Fsp3) is 0.385. The third-order valence-electron chi connectivity index (χ3n) is 5.50. The zero-order valence-electron chi connectivity index (χ0n) is 19.9. The molecule has 8 nitrogen and oxygen atoms in total. The van der Waals surface area contributed by atoms with Gasteiger partial charge in [-0.15, -0.1) is 0 Å². The zero-order chi connectivity index (χ0) is 25.1. The summed E-state index contributed by atoms with van der Waals surface area (Å²) in [5.41, 5.74) is 0.485. The average molecular weight is 466 g/mol. The number of amides is 2. The van der Waals surface area contributed by atoms with E-state index in [0.29, 0.717) is 0 Å². The summed E-state index contributed by atoms with van der Waals surface area (Å²) in [6.07, 6.45) is -1.80. The van der Waals surface area contributed by atoms with E-state index in [0.717, 1.165) is 11.1 Å². The summed E-state index contributed by atoms with van der Waals surface area (Å²) in [5, 5.41) is 14.6. The highest BCUT2D eigenvalue weighted by atomic mass is 16.6. The van der Waals surface area contributed by atoms with Crippen molar-refractivity contribution in [2.75, 3.05) is 0 Å². The third-order valence-corrected chi connectivity index (χ3v) is 5.50. The molecule has 0 aliphatic heterocycles. The van der Waals surface area contributed by atoms with Crippen LogP contribution in [0.4, 0.5) is 4.79 Å². The number of carbonyl (C=O) groups is 3. The molecule has 2 aromatic carbocycles. The first-order chi connectivity index (χ1) is 16.1. The predicted octanol–water partition coefficient (Wildman–Crippen LogP) is 3.51. The van der Waals surface area contributed by atoms with Crippen LogP contribution in [0.1, 0.15) is 38.8 Å². The molecule has 0 heterocycles. The zero-order valence-corrected chi connectivity index (χ0v) is 19.9. The molecule has 0 saturated carbocycles. The maximum atomic E-state index is 12.9. The minimum atomic E-state index is -1.17. The van der Waals surface area contributed by atoms with Crippen LogP contribution in [0.5, 0.6) is 0 Å². The quantitative estimate of drug-likeness (QED) is 0.519. The van der Waals surface area contributed by atoms with E-state index in [1.165, 1.54) is 6.92 Å². The summed E-state index contributed by atoms with van der Waals surface area (Å²) in [4.78, 5) is 37.9. The molecule has 3 unspecified atom stereocenters. The molecule has 0 saturated heterocycles. The van der Waals surface area contributed by atoms with Crippen LogP contribution in [0.25, 0.3) is 0 Å². The van der Waals surface area contributed by atoms with E-state index in [9.17, 15) is 19.6 Å². The van der Waals surface area contributed by atoms with Gasteiger partial charge < -0.3 is 20.1 Å². The second-order valence-electron chi connectivity index (χ2n) is 8.49. The lowest BCUT2D eigenvalue weighted by molar-refractivity contribution is -0.157. The number of hydrogen-bond acceptors (Lipinski definition) is 6. The Morgan fingerprint density at radius 2 is 1.53 bits per heavy atom. The lowest BCUT2D eigenvalue weighted by Gasteiger charge is -2.29. The van der Waals surface area contributed by atoms with Crippen LogP contribution in [0.3, 0.4) is 0 Å². The molecule has 0 aromatic heterocycles. The van der Waals surface area contributed by atoms with Crippen LogP contribution in [0.2, 0.25) is 0 Å². The molecule has 34 heavy (non-hydrogen) atoms. The van der Waals surface area contributed by atoms with Gasteiger partial charge in [0.1, 0.15) is 18.2 Å². The number of nitriles is 1. The smallest absolute Gasteiger partial charge is 0.408 e. The summed E-state index contributed by atoms with van der Waals surface area (Å²) >= 11 is 0. The molecular weight excluding hydrogens is 434 g/mol. The number of hydrogen-bond donors (Lipinski definition) is 2. The second kappa shape index (κ2) is 12.4. The third kappa shape index (κ3) is 7.93. The highest BCUT2D eigenvalue weighted by molar-refractivity contribution is 5.87. The molecule has 2 aromatic rings. The molecule has 0 bridgehead atoms. The van der Waals surface area contributed by atoms with Gasteiger partial charge in [0.25, 0.3) is 5.91 Å². The van der Waals surface area contributed by atoms with E-state index in [4.69, 9.17) is 9.47 Å². The Morgan fingerprint density at radius 3 is 2.06 bits per heavy atom. The molecule has 2 N–H and O–H groups in total. The van der Waals surface area contributed by atoms with Gasteiger partial charge in [0.15, 0.2) is 6.10 Å². The van der Waals surface area contributed by atoms with Gasteiger partial charge >= 0.3 is 12.1 Å². The lowest BCUT2D eigenvalue weighted by Crippen LogP contribution is -2.53. The number of benzene rings is 2. The van der Waals surface area contributed by atoms with Crippen molar-refractivity contribution in [3.05, 3.63) is 71.8 Å². The van der Waals surface area contributed by atoms with Crippen molar-refractivity contribution in [3.8, 4) is 6.07 Å². The van der Waals surface area contributed by atoms with Gasteiger partial charge in [-0.1, -0.05) is 74.5 Å². The summed E-state index contributed by atoms with van der Waals surface area (Å²) in [6.45, 7) is 6.67. The monoisotopic (exact) mass is 465 g/mol. The maximum absolute atomic E-state index is 12.9. The molecule has 3 atom stereocenters. The average Bonchev–Trinajstić information content (AvgIpc) is 2.83. The van der Waals surface area contributed by atoms with Crippen molar-refractivity contribution in [1.82, 2.24) is 10.6 Å². The van der Waals surface area contributed by atoms with Crippen molar-refractivity contribution in [1.29, 1.82) is 5.26 Å². The predicted molar refractivity (Wildman–Crippen MR) is 126 cm³/mol. The van der Waals surface area contributed by atoms with Crippen LogP contribution in [-0.4, -0.2) is 35.7 Å². The first-order valence-corrected chi connectivity index (χ1v) is 11.1. The van der Waals surface area contributed by atoms with E-state index in [2.05, 4.69) is 16.7 Å². The molecule has 8 heteroatoms. The van der Waals surface area contributed by atoms with Crippen LogP contribution in [-0.2, 0) is 32.1 Å². The number of carbonyl (C=O) groups excluding carboxylic acids is 3. The van der Waals surface area contributed by atoms with Gasteiger partial charge in [0.2, 0.25) is 0 Å². The molecule has 2 amide bonds. The minimum Gasteiger partial charge on any atom is -0.451 e.